The van der Waals surface area contributed by atoms with Crippen LogP contribution in [0.4, 0.5) is 0 Å². The molecule has 3 unspecified atom stereocenters. The number of rotatable bonds is 5. The molecule has 0 heterocycles. The molecule has 0 aromatic rings. The highest BCUT2D eigenvalue weighted by atomic mass is 16.2. The molecule has 0 bridgehead atoms. The lowest BCUT2D eigenvalue weighted by Crippen LogP contribution is -2.50. The quantitative estimate of drug-likeness (QED) is 0.791. The molecule has 0 aromatic heterocycles. The zero-order valence-electron chi connectivity index (χ0n) is 12.6. The summed E-state index contributed by atoms with van der Waals surface area (Å²) in [6, 6.07) is 0.474. The average molecular weight is 254 g/mol. The Labute approximate surface area is 112 Å². The fraction of sp³-hybridized carbons (Fsp3) is 0.933. The van der Waals surface area contributed by atoms with E-state index < -0.39 is 0 Å². The van der Waals surface area contributed by atoms with E-state index in [1.54, 1.807) is 7.05 Å². The Morgan fingerprint density at radius 2 is 1.72 bits per heavy atom. The van der Waals surface area contributed by atoms with Crippen molar-refractivity contribution in [3.05, 3.63) is 0 Å². The topological polar surface area (TPSA) is 41.1 Å². The summed E-state index contributed by atoms with van der Waals surface area (Å²) in [5.74, 6) is 2.22. The van der Waals surface area contributed by atoms with Crippen molar-refractivity contribution in [3.8, 4) is 0 Å². The molecule has 0 aromatic carbocycles. The minimum atomic E-state index is -0.0301. The summed E-state index contributed by atoms with van der Waals surface area (Å²) in [6.07, 6.45) is 4.65. The maximum atomic E-state index is 11.9. The Hall–Kier alpha value is -0.570. The van der Waals surface area contributed by atoms with E-state index in [9.17, 15) is 4.79 Å². The van der Waals surface area contributed by atoms with Gasteiger partial charge in [-0.05, 0) is 43.4 Å². The second kappa shape index (κ2) is 7.13. The van der Waals surface area contributed by atoms with Crippen LogP contribution in [0.15, 0.2) is 0 Å². The Bertz CT molecular complexity index is 255. The number of carbonyl (C=O) groups excluding carboxylic acids is 1. The first-order valence-corrected chi connectivity index (χ1v) is 7.40. The van der Waals surface area contributed by atoms with Crippen LogP contribution in [0.5, 0.6) is 0 Å². The fourth-order valence-electron chi connectivity index (χ4n) is 3.26. The minimum absolute atomic E-state index is 0.0301. The summed E-state index contributed by atoms with van der Waals surface area (Å²) in [5.41, 5.74) is 0. The standard InChI is InChI=1S/C15H30N2O/c1-10(2)6-14(15(18)16-5)17-13-8-11(3)7-12(4)9-13/h10-14,17H,6-9H2,1-5H3,(H,16,18). The van der Waals surface area contributed by atoms with Gasteiger partial charge < -0.3 is 10.6 Å². The molecule has 0 radical (unpaired) electrons. The lowest BCUT2D eigenvalue weighted by molar-refractivity contribution is -0.123. The van der Waals surface area contributed by atoms with Gasteiger partial charge in [-0.15, -0.1) is 0 Å². The van der Waals surface area contributed by atoms with Crippen molar-refractivity contribution >= 4 is 5.91 Å². The van der Waals surface area contributed by atoms with Crippen molar-refractivity contribution in [3.63, 3.8) is 0 Å². The molecule has 3 heteroatoms. The molecule has 106 valence electrons. The van der Waals surface area contributed by atoms with Gasteiger partial charge in [0.05, 0.1) is 6.04 Å². The predicted molar refractivity (Wildman–Crippen MR) is 76.4 cm³/mol. The van der Waals surface area contributed by atoms with Crippen molar-refractivity contribution in [2.45, 2.75) is 65.5 Å². The van der Waals surface area contributed by atoms with E-state index in [2.05, 4.69) is 38.3 Å². The lowest BCUT2D eigenvalue weighted by Gasteiger charge is -2.34. The first kappa shape index (κ1) is 15.5. The number of hydrogen-bond acceptors (Lipinski definition) is 2. The van der Waals surface area contributed by atoms with Crippen molar-refractivity contribution < 1.29 is 4.79 Å². The summed E-state index contributed by atoms with van der Waals surface area (Å²) in [7, 11) is 1.73. The second-order valence-corrected chi connectivity index (χ2v) is 6.58. The first-order valence-electron chi connectivity index (χ1n) is 7.40. The van der Waals surface area contributed by atoms with Gasteiger partial charge in [-0.2, -0.15) is 0 Å². The molecular formula is C15H30N2O. The van der Waals surface area contributed by atoms with Crippen molar-refractivity contribution in [2.24, 2.45) is 17.8 Å². The van der Waals surface area contributed by atoms with Gasteiger partial charge in [-0.3, -0.25) is 4.79 Å². The smallest absolute Gasteiger partial charge is 0.236 e. The van der Waals surface area contributed by atoms with E-state index in [1.165, 1.54) is 19.3 Å². The molecule has 1 aliphatic rings. The summed E-state index contributed by atoms with van der Waals surface area (Å²) < 4.78 is 0. The number of nitrogens with one attached hydrogen (secondary N) is 2. The van der Waals surface area contributed by atoms with Crippen molar-refractivity contribution in [2.75, 3.05) is 7.05 Å². The Kier molecular flexibility index (Phi) is 6.13. The molecule has 0 saturated heterocycles. The van der Waals surface area contributed by atoms with Crippen LogP contribution in [0.2, 0.25) is 0 Å². The van der Waals surface area contributed by atoms with Gasteiger partial charge in [0.1, 0.15) is 0 Å². The van der Waals surface area contributed by atoms with Gasteiger partial charge in [-0.1, -0.05) is 27.7 Å². The van der Waals surface area contributed by atoms with Crippen LogP contribution in [-0.4, -0.2) is 25.0 Å². The van der Waals surface area contributed by atoms with E-state index >= 15 is 0 Å². The Balaban J connectivity index is 2.56. The molecule has 1 amide bonds. The van der Waals surface area contributed by atoms with E-state index in [-0.39, 0.29) is 11.9 Å². The van der Waals surface area contributed by atoms with Crippen LogP contribution in [-0.2, 0) is 4.79 Å². The molecule has 1 aliphatic carbocycles. The third-order valence-electron chi connectivity index (χ3n) is 3.89. The maximum Gasteiger partial charge on any atom is 0.236 e. The van der Waals surface area contributed by atoms with Crippen LogP contribution >= 0.6 is 0 Å². The number of hydrogen-bond donors (Lipinski definition) is 2. The van der Waals surface area contributed by atoms with E-state index in [0.717, 1.165) is 18.3 Å². The Morgan fingerprint density at radius 3 is 2.17 bits per heavy atom. The van der Waals surface area contributed by atoms with E-state index in [1.807, 2.05) is 0 Å². The van der Waals surface area contributed by atoms with Gasteiger partial charge in [0, 0.05) is 13.1 Å². The maximum absolute atomic E-state index is 11.9. The zero-order chi connectivity index (χ0) is 13.7. The highest BCUT2D eigenvalue weighted by molar-refractivity contribution is 5.81. The molecular weight excluding hydrogens is 224 g/mol. The third-order valence-corrected chi connectivity index (χ3v) is 3.89. The van der Waals surface area contributed by atoms with Gasteiger partial charge in [0.15, 0.2) is 0 Å². The SMILES string of the molecule is CNC(=O)C(CC(C)C)NC1CC(C)CC(C)C1. The van der Waals surface area contributed by atoms with Crippen molar-refractivity contribution in [1.82, 2.24) is 10.6 Å². The molecule has 3 nitrogen and oxygen atoms in total. The largest absolute Gasteiger partial charge is 0.358 e. The normalized spacial score (nSPS) is 30.2. The summed E-state index contributed by atoms with van der Waals surface area (Å²) in [6.45, 7) is 8.98. The van der Waals surface area contributed by atoms with Gasteiger partial charge in [0.25, 0.3) is 0 Å². The molecule has 3 atom stereocenters. The van der Waals surface area contributed by atoms with Crippen LogP contribution < -0.4 is 10.6 Å². The molecule has 1 rings (SSSR count). The molecule has 0 aliphatic heterocycles. The summed E-state index contributed by atoms with van der Waals surface area (Å²) in [5, 5.41) is 6.37. The highest BCUT2D eigenvalue weighted by Gasteiger charge is 2.28. The molecule has 2 N–H and O–H groups in total. The number of likely N-dealkylation sites (N-methyl/N-ethyl adjacent to an activating group) is 1. The Morgan fingerprint density at radius 1 is 1.17 bits per heavy atom. The van der Waals surface area contributed by atoms with E-state index in [0.29, 0.717) is 12.0 Å². The van der Waals surface area contributed by atoms with Gasteiger partial charge in [-0.25, -0.2) is 0 Å². The minimum Gasteiger partial charge on any atom is -0.358 e. The third kappa shape index (κ3) is 4.97. The predicted octanol–water partition coefficient (Wildman–Crippen LogP) is 2.56. The first-order chi connectivity index (χ1) is 8.42. The highest BCUT2D eigenvalue weighted by Crippen LogP contribution is 2.29. The molecule has 0 spiro atoms. The van der Waals surface area contributed by atoms with Crippen LogP contribution in [0, 0.1) is 17.8 Å². The monoisotopic (exact) mass is 254 g/mol. The zero-order valence-corrected chi connectivity index (χ0v) is 12.6. The van der Waals surface area contributed by atoms with Crippen LogP contribution in [0.1, 0.15) is 53.4 Å². The molecule has 18 heavy (non-hydrogen) atoms. The lowest BCUT2D eigenvalue weighted by atomic mass is 9.80. The molecule has 1 saturated carbocycles. The van der Waals surface area contributed by atoms with Crippen molar-refractivity contribution in [1.29, 1.82) is 0 Å². The van der Waals surface area contributed by atoms with Gasteiger partial charge >= 0.3 is 0 Å². The van der Waals surface area contributed by atoms with Crippen LogP contribution in [0.3, 0.4) is 0 Å². The summed E-state index contributed by atoms with van der Waals surface area (Å²) in [4.78, 5) is 11.9. The fourth-order valence-corrected chi connectivity index (χ4v) is 3.26. The molecule has 1 fully saturated rings. The number of amides is 1. The number of carbonyl (C=O) groups is 1. The van der Waals surface area contributed by atoms with E-state index in [4.69, 9.17) is 0 Å². The second-order valence-electron chi connectivity index (χ2n) is 6.58. The van der Waals surface area contributed by atoms with Crippen LogP contribution in [0.25, 0.3) is 0 Å². The summed E-state index contributed by atoms with van der Waals surface area (Å²) >= 11 is 0. The van der Waals surface area contributed by atoms with Gasteiger partial charge in [0.2, 0.25) is 5.91 Å². The average Bonchev–Trinajstić information content (AvgIpc) is 2.25.